The fourth-order valence-corrected chi connectivity index (χ4v) is 1.80. The molecule has 0 N–H and O–H groups in total. The molecule has 2 aromatic carbocycles. The molecule has 116 valence electrons. The molecular formula is C17H13NO5. The molecule has 0 saturated carbocycles. The van der Waals surface area contributed by atoms with Gasteiger partial charge in [0, 0.05) is 23.7 Å². The van der Waals surface area contributed by atoms with Crippen molar-refractivity contribution < 1.29 is 24.0 Å². The van der Waals surface area contributed by atoms with Crippen LogP contribution in [-0.2, 0) is 4.84 Å². The zero-order chi connectivity index (χ0) is 16.8. The van der Waals surface area contributed by atoms with Gasteiger partial charge in [0.2, 0.25) is 0 Å². The standard InChI is InChI=1S/C17H13NO5/c1-18(16(21)14-6-2-12(10-19)3-7-14)23-17(22)15-8-4-13(11-20)5-9-15/h2-11H,1H3. The summed E-state index contributed by atoms with van der Waals surface area (Å²) in [5, 5.41) is 0.811. The van der Waals surface area contributed by atoms with E-state index in [4.69, 9.17) is 4.84 Å². The molecule has 0 radical (unpaired) electrons. The SMILES string of the molecule is CN(OC(=O)c1ccc(C=O)cc1)C(=O)c1ccc(C=O)cc1. The highest BCUT2D eigenvalue weighted by atomic mass is 16.7. The van der Waals surface area contributed by atoms with Gasteiger partial charge in [-0.15, -0.1) is 0 Å². The topological polar surface area (TPSA) is 80.8 Å². The van der Waals surface area contributed by atoms with Crippen LogP contribution in [0, 0.1) is 0 Å². The van der Waals surface area contributed by atoms with Crippen molar-refractivity contribution in [2.45, 2.75) is 0 Å². The lowest BCUT2D eigenvalue weighted by Crippen LogP contribution is -2.29. The van der Waals surface area contributed by atoms with Gasteiger partial charge >= 0.3 is 5.97 Å². The van der Waals surface area contributed by atoms with Gasteiger partial charge in [-0.2, -0.15) is 5.06 Å². The van der Waals surface area contributed by atoms with Crippen molar-refractivity contribution in [3.8, 4) is 0 Å². The van der Waals surface area contributed by atoms with Gasteiger partial charge in [-0.05, 0) is 24.3 Å². The third-order valence-corrected chi connectivity index (χ3v) is 3.08. The minimum Gasteiger partial charge on any atom is -0.333 e. The Labute approximate surface area is 132 Å². The molecule has 0 unspecified atom stereocenters. The lowest BCUT2D eigenvalue weighted by molar-refractivity contribution is -0.0658. The van der Waals surface area contributed by atoms with E-state index >= 15 is 0 Å². The molecule has 0 spiro atoms. The molecule has 0 aliphatic carbocycles. The Hall–Kier alpha value is -3.28. The van der Waals surface area contributed by atoms with Crippen molar-refractivity contribution in [3.63, 3.8) is 0 Å². The number of hydrogen-bond donors (Lipinski definition) is 0. The third kappa shape index (κ3) is 3.88. The number of benzene rings is 2. The van der Waals surface area contributed by atoms with Crippen LogP contribution >= 0.6 is 0 Å². The molecule has 0 bridgehead atoms. The summed E-state index contributed by atoms with van der Waals surface area (Å²) in [5.74, 6) is -1.25. The molecule has 0 aliphatic rings. The van der Waals surface area contributed by atoms with Crippen LogP contribution in [0.25, 0.3) is 0 Å². The Morgan fingerprint density at radius 1 is 0.826 bits per heavy atom. The average molecular weight is 311 g/mol. The highest BCUT2D eigenvalue weighted by molar-refractivity contribution is 5.96. The smallest absolute Gasteiger partial charge is 0.333 e. The van der Waals surface area contributed by atoms with Crippen molar-refractivity contribution in [1.82, 2.24) is 5.06 Å². The van der Waals surface area contributed by atoms with Crippen LogP contribution in [0.1, 0.15) is 41.4 Å². The number of rotatable bonds is 4. The van der Waals surface area contributed by atoms with Gasteiger partial charge in [-0.25, -0.2) is 4.79 Å². The molecule has 0 saturated heterocycles. The summed E-state index contributed by atoms with van der Waals surface area (Å²) in [5.41, 5.74) is 1.37. The molecule has 2 aromatic rings. The van der Waals surface area contributed by atoms with Crippen LogP contribution in [0.4, 0.5) is 0 Å². The Bertz CT molecular complexity index is 735. The van der Waals surface area contributed by atoms with E-state index in [9.17, 15) is 19.2 Å². The van der Waals surface area contributed by atoms with Crippen LogP contribution in [-0.4, -0.2) is 36.6 Å². The summed E-state index contributed by atoms with van der Waals surface area (Å²) in [6.45, 7) is 0. The molecule has 0 heterocycles. The molecule has 1 amide bonds. The first kappa shape index (κ1) is 16.1. The number of hydroxylamine groups is 2. The summed E-state index contributed by atoms with van der Waals surface area (Å²) in [6, 6.07) is 11.7. The quantitative estimate of drug-likeness (QED) is 0.638. The van der Waals surface area contributed by atoms with Crippen molar-refractivity contribution >= 4 is 24.4 Å². The first-order valence-electron chi connectivity index (χ1n) is 6.66. The van der Waals surface area contributed by atoms with Gasteiger partial charge in [-0.3, -0.25) is 14.4 Å². The first-order valence-corrected chi connectivity index (χ1v) is 6.66. The van der Waals surface area contributed by atoms with E-state index in [2.05, 4.69) is 0 Å². The number of amides is 1. The highest BCUT2D eigenvalue weighted by Gasteiger charge is 2.17. The van der Waals surface area contributed by atoms with E-state index in [-0.39, 0.29) is 11.1 Å². The molecule has 6 nitrogen and oxygen atoms in total. The van der Waals surface area contributed by atoms with Crippen LogP contribution in [0.2, 0.25) is 0 Å². The van der Waals surface area contributed by atoms with E-state index in [1.807, 2.05) is 0 Å². The van der Waals surface area contributed by atoms with Crippen molar-refractivity contribution in [2.24, 2.45) is 0 Å². The largest absolute Gasteiger partial charge is 0.363 e. The monoisotopic (exact) mass is 311 g/mol. The summed E-state index contributed by atoms with van der Waals surface area (Å²) in [4.78, 5) is 50.2. The van der Waals surface area contributed by atoms with Gasteiger partial charge in [0.25, 0.3) is 5.91 Å². The fourth-order valence-electron chi connectivity index (χ4n) is 1.80. The second-order valence-electron chi connectivity index (χ2n) is 4.66. The van der Waals surface area contributed by atoms with Gasteiger partial charge in [0.05, 0.1) is 5.56 Å². The maximum atomic E-state index is 12.1. The second kappa shape index (κ2) is 7.13. The number of carbonyl (C=O) groups excluding carboxylic acids is 4. The Kier molecular flexibility index (Phi) is 4.99. The first-order chi connectivity index (χ1) is 11.0. The van der Waals surface area contributed by atoms with Crippen molar-refractivity contribution in [3.05, 3.63) is 70.8 Å². The number of carbonyl (C=O) groups is 4. The average Bonchev–Trinajstić information content (AvgIpc) is 2.61. The van der Waals surface area contributed by atoms with E-state index in [1.165, 1.54) is 55.6 Å². The number of hydrogen-bond acceptors (Lipinski definition) is 5. The third-order valence-electron chi connectivity index (χ3n) is 3.08. The maximum absolute atomic E-state index is 12.1. The van der Waals surface area contributed by atoms with Gasteiger partial charge in [0.15, 0.2) is 0 Å². The Morgan fingerprint density at radius 3 is 1.70 bits per heavy atom. The summed E-state index contributed by atoms with van der Waals surface area (Å²) < 4.78 is 0. The molecular weight excluding hydrogens is 298 g/mol. The van der Waals surface area contributed by atoms with E-state index in [0.717, 1.165) is 5.06 Å². The summed E-state index contributed by atoms with van der Waals surface area (Å²) in [7, 11) is 1.31. The van der Waals surface area contributed by atoms with Crippen LogP contribution in [0.5, 0.6) is 0 Å². The molecule has 23 heavy (non-hydrogen) atoms. The molecule has 0 aromatic heterocycles. The molecule has 0 fully saturated rings. The van der Waals surface area contributed by atoms with E-state index in [0.29, 0.717) is 23.7 Å². The summed E-state index contributed by atoms with van der Waals surface area (Å²) >= 11 is 0. The lowest BCUT2D eigenvalue weighted by atomic mass is 10.1. The number of aldehydes is 2. The fraction of sp³-hybridized carbons (Fsp3) is 0.0588. The predicted molar refractivity (Wildman–Crippen MR) is 81.2 cm³/mol. The molecule has 2 rings (SSSR count). The minimum absolute atomic E-state index is 0.214. The molecule has 0 aliphatic heterocycles. The minimum atomic E-state index is -0.720. The van der Waals surface area contributed by atoms with Crippen LogP contribution in [0.3, 0.4) is 0 Å². The highest BCUT2D eigenvalue weighted by Crippen LogP contribution is 2.09. The zero-order valence-corrected chi connectivity index (χ0v) is 12.3. The van der Waals surface area contributed by atoms with Gasteiger partial charge < -0.3 is 4.84 Å². The Morgan fingerprint density at radius 2 is 1.26 bits per heavy atom. The second-order valence-corrected chi connectivity index (χ2v) is 4.66. The number of nitrogens with zero attached hydrogens (tertiary/aromatic N) is 1. The van der Waals surface area contributed by atoms with E-state index in [1.54, 1.807) is 0 Å². The molecule has 6 heteroatoms. The van der Waals surface area contributed by atoms with Crippen LogP contribution < -0.4 is 0 Å². The van der Waals surface area contributed by atoms with Crippen molar-refractivity contribution in [2.75, 3.05) is 7.05 Å². The zero-order valence-electron chi connectivity index (χ0n) is 12.3. The van der Waals surface area contributed by atoms with Crippen molar-refractivity contribution in [1.29, 1.82) is 0 Å². The normalized spacial score (nSPS) is 9.78. The van der Waals surface area contributed by atoms with E-state index < -0.39 is 11.9 Å². The predicted octanol–water partition coefficient (Wildman–Crippen LogP) is 2.16. The summed E-state index contributed by atoms with van der Waals surface area (Å²) in [6.07, 6.45) is 1.33. The Balaban J connectivity index is 2.05. The maximum Gasteiger partial charge on any atom is 0.363 e. The molecule has 0 atom stereocenters. The van der Waals surface area contributed by atoms with Gasteiger partial charge in [-0.1, -0.05) is 24.3 Å². The van der Waals surface area contributed by atoms with Crippen LogP contribution in [0.15, 0.2) is 48.5 Å². The lowest BCUT2D eigenvalue weighted by Gasteiger charge is -2.16. The van der Waals surface area contributed by atoms with Gasteiger partial charge in [0.1, 0.15) is 12.6 Å².